The highest BCUT2D eigenvalue weighted by atomic mass is 32.2. The molecule has 0 radical (unpaired) electrons. The van der Waals surface area contributed by atoms with Gasteiger partial charge < -0.3 is 15.2 Å². The fourth-order valence-corrected chi connectivity index (χ4v) is 4.08. The highest BCUT2D eigenvalue weighted by molar-refractivity contribution is 7.99. The Kier molecular flexibility index (Phi) is 4.64. The van der Waals surface area contributed by atoms with Gasteiger partial charge in [-0.15, -0.1) is 0 Å². The number of carbonyl (C=O) groups excluding carboxylic acids is 2. The molecule has 2 heterocycles. The molecule has 126 valence electrons. The number of β-amino-alcohol motifs (C(OH)–C–C–N with tert-alkyl or cyclic N) is 1. The van der Waals surface area contributed by atoms with Crippen molar-refractivity contribution < 1.29 is 19.4 Å². The summed E-state index contributed by atoms with van der Waals surface area (Å²) in [5.41, 5.74) is -0.280. The molecule has 3 amide bonds. The van der Waals surface area contributed by atoms with E-state index in [9.17, 15) is 14.7 Å². The minimum Gasteiger partial charge on any atom is -0.491 e. The molecule has 0 unspecified atom stereocenters. The van der Waals surface area contributed by atoms with E-state index in [1.54, 1.807) is 36.0 Å². The van der Waals surface area contributed by atoms with Crippen LogP contribution in [0.3, 0.4) is 0 Å². The standard InChI is InChI=1S/C16H17N3O4S/c17-7-11-1-3-13(4-2-11)23-9-12(20)8-19-14(21)16(18-15(19)22)5-6-24-10-16/h1-4,12,20H,5-6,8-10H2,(H,18,22)/t12-,16+/m1/s1. The van der Waals surface area contributed by atoms with Crippen molar-refractivity contribution in [3.8, 4) is 11.8 Å². The van der Waals surface area contributed by atoms with Crippen molar-refractivity contribution in [3.05, 3.63) is 29.8 Å². The summed E-state index contributed by atoms with van der Waals surface area (Å²) in [5.74, 6) is 1.65. The van der Waals surface area contributed by atoms with E-state index in [-0.39, 0.29) is 19.1 Å². The molecule has 1 aromatic carbocycles. The zero-order chi connectivity index (χ0) is 17.2. The van der Waals surface area contributed by atoms with Gasteiger partial charge >= 0.3 is 6.03 Å². The summed E-state index contributed by atoms with van der Waals surface area (Å²) < 4.78 is 5.43. The molecular weight excluding hydrogens is 330 g/mol. The van der Waals surface area contributed by atoms with Gasteiger partial charge in [-0.3, -0.25) is 9.69 Å². The van der Waals surface area contributed by atoms with Gasteiger partial charge in [-0.05, 0) is 36.4 Å². The van der Waals surface area contributed by atoms with E-state index in [0.29, 0.717) is 23.5 Å². The number of nitriles is 1. The Morgan fingerprint density at radius 1 is 1.42 bits per heavy atom. The lowest BCUT2D eigenvalue weighted by Gasteiger charge is -2.21. The highest BCUT2D eigenvalue weighted by Gasteiger charge is 2.53. The molecule has 2 aliphatic rings. The van der Waals surface area contributed by atoms with Crippen molar-refractivity contribution in [2.24, 2.45) is 0 Å². The maximum Gasteiger partial charge on any atom is 0.325 e. The summed E-state index contributed by atoms with van der Waals surface area (Å²) in [6, 6.07) is 8.03. The van der Waals surface area contributed by atoms with Gasteiger partial charge in [0.15, 0.2) is 0 Å². The summed E-state index contributed by atoms with van der Waals surface area (Å²) in [4.78, 5) is 25.6. The highest BCUT2D eigenvalue weighted by Crippen LogP contribution is 2.33. The smallest absolute Gasteiger partial charge is 0.325 e. The SMILES string of the molecule is N#Cc1ccc(OC[C@H](O)CN2C(=O)N[C@]3(CCSC3)C2=O)cc1. The Bertz CT molecular complexity index is 680. The zero-order valence-electron chi connectivity index (χ0n) is 12.9. The molecule has 2 saturated heterocycles. The lowest BCUT2D eigenvalue weighted by molar-refractivity contribution is -0.131. The van der Waals surface area contributed by atoms with E-state index >= 15 is 0 Å². The first-order valence-corrected chi connectivity index (χ1v) is 8.72. The molecule has 24 heavy (non-hydrogen) atoms. The molecule has 0 aliphatic carbocycles. The summed E-state index contributed by atoms with van der Waals surface area (Å²) >= 11 is 1.64. The number of aliphatic hydroxyl groups is 1. The molecule has 1 aromatic rings. The number of benzene rings is 1. The molecule has 1 spiro atoms. The van der Waals surface area contributed by atoms with Gasteiger partial charge in [-0.25, -0.2) is 4.79 Å². The number of imide groups is 1. The molecule has 2 fully saturated rings. The van der Waals surface area contributed by atoms with Gasteiger partial charge in [-0.1, -0.05) is 0 Å². The Labute approximate surface area is 143 Å². The Balaban J connectivity index is 1.54. The zero-order valence-corrected chi connectivity index (χ0v) is 13.7. The van der Waals surface area contributed by atoms with Crippen molar-refractivity contribution >= 4 is 23.7 Å². The molecular formula is C16H17N3O4S. The second-order valence-electron chi connectivity index (χ2n) is 5.83. The van der Waals surface area contributed by atoms with Gasteiger partial charge in [0.1, 0.15) is 24.0 Å². The average Bonchev–Trinajstić information content (AvgIpc) is 3.14. The molecule has 2 N–H and O–H groups in total. The van der Waals surface area contributed by atoms with E-state index in [2.05, 4.69) is 5.32 Å². The minimum absolute atomic E-state index is 0.0509. The van der Waals surface area contributed by atoms with Crippen LogP contribution in [0, 0.1) is 11.3 Å². The van der Waals surface area contributed by atoms with Crippen molar-refractivity contribution in [2.75, 3.05) is 24.7 Å². The third-order valence-electron chi connectivity index (χ3n) is 4.09. The Morgan fingerprint density at radius 2 is 2.17 bits per heavy atom. The van der Waals surface area contributed by atoms with E-state index < -0.39 is 17.7 Å². The normalized spacial score (nSPS) is 24.1. The molecule has 8 heteroatoms. The number of hydrogen-bond donors (Lipinski definition) is 2. The lowest BCUT2D eigenvalue weighted by Crippen LogP contribution is -2.47. The fraction of sp³-hybridized carbons (Fsp3) is 0.438. The second kappa shape index (κ2) is 6.71. The van der Waals surface area contributed by atoms with Gasteiger partial charge in [0.05, 0.1) is 18.2 Å². The van der Waals surface area contributed by atoms with E-state index in [4.69, 9.17) is 10.00 Å². The quantitative estimate of drug-likeness (QED) is 0.761. The third-order valence-corrected chi connectivity index (χ3v) is 5.28. The van der Waals surface area contributed by atoms with Crippen molar-refractivity contribution in [1.29, 1.82) is 5.26 Å². The maximum atomic E-state index is 12.5. The fourth-order valence-electron chi connectivity index (χ4n) is 2.76. The summed E-state index contributed by atoms with van der Waals surface area (Å²) in [5, 5.41) is 21.6. The Hall–Kier alpha value is -2.24. The van der Waals surface area contributed by atoms with E-state index in [0.717, 1.165) is 10.7 Å². The van der Waals surface area contributed by atoms with Gasteiger partial charge in [0, 0.05) is 5.75 Å². The number of nitrogens with zero attached hydrogens (tertiary/aromatic N) is 2. The summed E-state index contributed by atoms with van der Waals surface area (Å²) in [6.07, 6.45) is -0.365. The monoisotopic (exact) mass is 347 g/mol. The molecule has 0 bridgehead atoms. The second-order valence-corrected chi connectivity index (χ2v) is 6.94. The number of ether oxygens (including phenoxy) is 1. The van der Waals surface area contributed by atoms with Crippen molar-refractivity contribution in [1.82, 2.24) is 10.2 Å². The number of urea groups is 1. The van der Waals surface area contributed by atoms with Crippen LogP contribution in [0.15, 0.2) is 24.3 Å². The van der Waals surface area contributed by atoms with Crippen LogP contribution in [-0.4, -0.2) is 58.2 Å². The summed E-state index contributed by atoms with van der Waals surface area (Å²) in [7, 11) is 0. The number of rotatable bonds is 5. The molecule has 0 saturated carbocycles. The number of carbonyl (C=O) groups is 2. The van der Waals surface area contributed by atoms with Crippen LogP contribution in [0.4, 0.5) is 4.79 Å². The first-order valence-electron chi connectivity index (χ1n) is 7.57. The van der Waals surface area contributed by atoms with Crippen LogP contribution in [-0.2, 0) is 4.79 Å². The van der Waals surface area contributed by atoms with Crippen LogP contribution < -0.4 is 10.1 Å². The molecule has 7 nitrogen and oxygen atoms in total. The number of nitrogens with one attached hydrogen (secondary N) is 1. The number of thioether (sulfide) groups is 1. The molecule has 2 atom stereocenters. The van der Waals surface area contributed by atoms with Crippen LogP contribution in [0.5, 0.6) is 5.75 Å². The number of aliphatic hydroxyl groups excluding tert-OH is 1. The molecule has 3 rings (SSSR count). The van der Waals surface area contributed by atoms with Gasteiger partial charge in [0.2, 0.25) is 0 Å². The van der Waals surface area contributed by atoms with Crippen molar-refractivity contribution in [2.45, 2.75) is 18.1 Å². The van der Waals surface area contributed by atoms with Crippen LogP contribution in [0.2, 0.25) is 0 Å². The first-order chi connectivity index (χ1) is 11.5. The largest absolute Gasteiger partial charge is 0.491 e. The summed E-state index contributed by atoms with van der Waals surface area (Å²) in [6.45, 7) is -0.155. The third kappa shape index (κ3) is 3.18. The Morgan fingerprint density at radius 3 is 2.79 bits per heavy atom. The first kappa shape index (κ1) is 16.6. The maximum absolute atomic E-state index is 12.5. The molecule has 0 aromatic heterocycles. The van der Waals surface area contributed by atoms with Gasteiger partial charge in [0.25, 0.3) is 5.91 Å². The van der Waals surface area contributed by atoms with Gasteiger partial charge in [-0.2, -0.15) is 17.0 Å². The van der Waals surface area contributed by atoms with E-state index in [1.807, 2.05) is 6.07 Å². The lowest BCUT2D eigenvalue weighted by atomic mass is 9.99. The van der Waals surface area contributed by atoms with Crippen LogP contribution in [0.25, 0.3) is 0 Å². The number of amides is 3. The predicted molar refractivity (Wildman–Crippen MR) is 87.6 cm³/mol. The van der Waals surface area contributed by atoms with Crippen LogP contribution in [0.1, 0.15) is 12.0 Å². The van der Waals surface area contributed by atoms with E-state index in [1.165, 1.54) is 0 Å². The van der Waals surface area contributed by atoms with Crippen LogP contribution >= 0.6 is 11.8 Å². The minimum atomic E-state index is -0.987. The number of hydrogen-bond acceptors (Lipinski definition) is 6. The topological polar surface area (TPSA) is 103 Å². The predicted octanol–water partition coefficient (Wildman–Crippen LogP) is 0.725. The van der Waals surface area contributed by atoms with Crippen molar-refractivity contribution in [3.63, 3.8) is 0 Å². The average molecular weight is 347 g/mol. The molecule has 2 aliphatic heterocycles.